The van der Waals surface area contributed by atoms with Crippen LogP contribution in [0.25, 0.3) is 0 Å². The number of carbonyl (C=O) groups is 3. The van der Waals surface area contributed by atoms with E-state index in [4.69, 9.17) is 4.74 Å². The smallest absolute Gasteiger partial charge is 0.338 e. The molecule has 2 aromatic rings. The molecule has 4 rings (SSSR count). The van der Waals surface area contributed by atoms with E-state index in [9.17, 15) is 14.4 Å². The number of nitrogens with one attached hydrogen (secondary N) is 1. The lowest BCUT2D eigenvalue weighted by Gasteiger charge is -2.33. The van der Waals surface area contributed by atoms with E-state index in [0.717, 1.165) is 16.8 Å². The summed E-state index contributed by atoms with van der Waals surface area (Å²) in [5.41, 5.74) is 3.42. The van der Waals surface area contributed by atoms with E-state index >= 15 is 0 Å². The third-order valence-corrected chi connectivity index (χ3v) is 5.22. The quantitative estimate of drug-likeness (QED) is 0.813. The molecule has 1 atom stereocenters. The van der Waals surface area contributed by atoms with Crippen LogP contribution in [-0.2, 0) is 14.3 Å². The van der Waals surface area contributed by atoms with E-state index in [2.05, 4.69) is 5.32 Å². The number of cyclic esters (lactones) is 1. The number of likely N-dealkylation sites (N-methyl/N-ethyl adjacent to an activating group) is 1. The number of para-hydroxylation sites is 1. The number of esters is 1. The molecule has 1 N–H and O–H groups in total. The van der Waals surface area contributed by atoms with Crippen molar-refractivity contribution in [3.8, 4) is 0 Å². The number of ether oxygens (including phenoxy) is 1. The summed E-state index contributed by atoms with van der Waals surface area (Å²) >= 11 is 0. The third kappa shape index (κ3) is 3.47. The van der Waals surface area contributed by atoms with E-state index in [1.807, 2.05) is 61.5 Å². The summed E-state index contributed by atoms with van der Waals surface area (Å²) in [6.07, 6.45) is 0. The second-order valence-corrected chi connectivity index (χ2v) is 7.10. The van der Waals surface area contributed by atoms with Gasteiger partial charge in [0.25, 0.3) is 0 Å². The molecular weight excluding hydrogens is 370 g/mol. The number of hydrogen-bond donors (Lipinski definition) is 1. The van der Waals surface area contributed by atoms with Crippen LogP contribution in [0.4, 0.5) is 10.5 Å². The van der Waals surface area contributed by atoms with Crippen LogP contribution in [0.15, 0.2) is 65.9 Å². The molecule has 0 aromatic heterocycles. The molecule has 0 unspecified atom stereocenters. The van der Waals surface area contributed by atoms with Crippen LogP contribution in [0.3, 0.4) is 0 Å². The first kappa shape index (κ1) is 18.7. The van der Waals surface area contributed by atoms with Gasteiger partial charge in [0.2, 0.25) is 5.91 Å². The lowest BCUT2D eigenvalue weighted by atomic mass is 9.95. The van der Waals surface area contributed by atoms with Gasteiger partial charge >= 0.3 is 12.0 Å². The third-order valence-electron chi connectivity index (χ3n) is 5.22. The Kier molecular flexibility index (Phi) is 4.80. The maximum absolute atomic E-state index is 12.8. The van der Waals surface area contributed by atoms with E-state index < -0.39 is 18.0 Å². The number of rotatable bonds is 4. The zero-order chi connectivity index (χ0) is 20.5. The standard InChI is InChI=1S/C22H21N3O4/c1-14-8-10-15(11-9-14)20-19-17(13-29-21(19)27)25(22(28)23-20)12-18(26)24(2)16-6-4-3-5-7-16/h3-11,20H,12-13H2,1-2H3,(H,23,28)/t20-/m1/s1. The zero-order valence-corrected chi connectivity index (χ0v) is 16.2. The van der Waals surface area contributed by atoms with Gasteiger partial charge in [0.1, 0.15) is 13.2 Å². The number of anilines is 1. The first-order valence-corrected chi connectivity index (χ1v) is 9.32. The van der Waals surface area contributed by atoms with E-state index in [0.29, 0.717) is 11.3 Å². The predicted molar refractivity (Wildman–Crippen MR) is 107 cm³/mol. The average Bonchev–Trinajstić information content (AvgIpc) is 3.12. The molecule has 0 saturated heterocycles. The van der Waals surface area contributed by atoms with E-state index in [-0.39, 0.29) is 19.1 Å². The molecule has 0 saturated carbocycles. The molecule has 2 aliphatic heterocycles. The number of aryl methyl sites for hydroxylation is 1. The molecule has 7 nitrogen and oxygen atoms in total. The first-order chi connectivity index (χ1) is 14.0. The van der Waals surface area contributed by atoms with Crippen LogP contribution < -0.4 is 10.2 Å². The van der Waals surface area contributed by atoms with Gasteiger partial charge < -0.3 is 15.0 Å². The van der Waals surface area contributed by atoms with Gasteiger partial charge in [-0.15, -0.1) is 0 Å². The highest BCUT2D eigenvalue weighted by atomic mass is 16.5. The highest BCUT2D eigenvalue weighted by Gasteiger charge is 2.42. The van der Waals surface area contributed by atoms with Crippen molar-refractivity contribution in [1.82, 2.24) is 10.2 Å². The zero-order valence-electron chi connectivity index (χ0n) is 16.2. The van der Waals surface area contributed by atoms with Gasteiger partial charge in [-0.2, -0.15) is 0 Å². The number of amides is 3. The minimum absolute atomic E-state index is 0.0215. The molecular formula is C22H21N3O4. The van der Waals surface area contributed by atoms with Crippen LogP contribution in [0.2, 0.25) is 0 Å². The summed E-state index contributed by atoms with van der Waals surface area (Å²) in [4.78, 5) is 40.8. The summed E-state index contributed by atoms with van der Waals surface area (Å²) in [5.74, 6) is -0.745. The number of benzene rings is 2. The van der Waals surface area contributed by atoms with Crippen molar-refractivity contribution in [3.63, 3.8) is 0 Å². The minimum Gasteiger partial charge on any atom is -0.456 e. The Morgan fingerprint density at radius 3 is 2.52 bits per heavy atom. The second-order valence-electron chi connectivity index (χ2n) is 7.10. The van der Waals surface area contributed by atoms with Crippen molar-refractivity contribution in [3.05, 3.63) is 77.0 Å². The van der Waals surface area contributed by atoms with Crippen molar-refractivity contribution in [2.24, 2.45) is 0 Å². The fourth-order valence-electron chi connectivity index (χ4n) is 3.52. The number of carbonyl (C=O) groups excluding carboxylic acids is 3. The van der Waals surface area contributed by atoms with E-state index in [1.54, 1.807) is 7.05 Å². The van der Waals surface area contributed by atoms with Crippen LogP contribution in [0.1, 0.15) is 17.2 Å². The highest BCUT2D eigenvalue weighted by Crippen LogP contribution is 2.35. The summed E-state index contributed by atoms with van der Waals surface area (Å²) < 4.78 is 5.21. The molecule has 2 aromatic carbocycles. The Morgan fingerprint density at radius 2 is 1.83 bits per heavy atom. The Bertz CT molecular complexity index is 998. The first-order valence-electron chi connectivity index (χ1n) is 9.32. The lowest BCUT2D eigenvalue weighted by Crippen LogP contribution is -2.50. The molecule has 0 aliphatic carbocycles. The molecule has 0 bridgehead atoms. The van der Waals surface area contributed by atoms with Crippen LogP contribution in [0, 0.1) is 6.92 Å². The van der Waals surface area contributed by atoms with Gasteiger partial charge in [-0.3, -0.25) is 9.69 Å². The van der Waals surface area contributed by atoms with Crippen molar-refractivity contribution in [2.75, 3.05) is 25.1 Å². The molecule has 0 fully saturated rings. The summed E-state index contributed by atoms with van der Waals surface area (Å²) in [5, 5.41) is 2.85. The van der Waals surface area contributed by atoms with Crippen molar-refractivity contribution in [1.29, 1.82) is 0 Å². The maximum Gasteiger partial charge on any atom is 0.338 e. The summed E-state index contributed by atoms with van der Waals surface area (Å²) in [6.45, 7) is 1.76. The Morgan fingerprint density at radius 1 is 1.14 bits per heavy atom. The van der Waals surface area contributed by atoms with Gasteiger partial charge in [0.15, 0.2) is 0 Å². The minimum atomic E-state index is -0.591. The van der Waals surface area contributed by atoms with Crippen molar-refractivity contribution in [2.45, 2.75) is 13.0 Å². The lowest BCUT2D eigenvalue weighted by molar-refractivity contribution is -0.136. The van der Waals surface area contributed by atoms with Crippen molar-refractivity contribution >= 4 is 23.6 Å². The van der Waals surface area contributed by atoms with Gasteiger partial charge in [0, 0.05) is 12.7 Å². The monoisotopic (exact) mass is 391 g/mol. The Hall–Kier alpha value is -3.61. The van der Waals surface area contributed by atoms with Crippen LogP contribution in [-0.4, -0.2) is 43.0 Å². The SMILES string of the molecule is Cc1ccc([C@H]2NC(=O)N(CC(=O)N(C)c3ccccc3)C3=C2C(=O)OC3)cc1. The molecule has 0 spiro atoms. The molecule has 2 heterocycles. The maximum atomic E-state index is 12.8. The van der Waals surface area contributed by atoms with Gasteiger partial charge in [0.05, 0.1) is 17.3 Å². The topological polar surface area (TPSA) is 79.0 Å². The fourth-order valence-corrected chi connectivity index (χ4v) is 3.52. The summed E-state index contributed by atoms with van der Waals surface area (Å²) in [7, 11) is 1.65. The number of hydrogen-bond acceptors (Lipinski definition) is 4. The normalized spacial score (nSPS) is 18.3. The predicted octanol–water partition coefficient (Wildman–Crippen LogP) is 2.54. The van der Waals surface area contributed by atoms with Crippen LogP contribution >= 0.6 is 0 Å². The molecule has 3 amide bonds. The van der Waals surface area contributed by atoms with Gasteiger partial charge in [-0.25, -0.2) is 9.59 Å². The molecule has 148 valence electrons. The molecule has 2 aliphatic rings. The largest absolute Gasteiger partial charge is 0.456 e. The molecule has 29 heavy (non-hydrogen) atoms. The number of urea groups is 1. The van der Waals surface area contributed by atoms with Crippen molar-refractivity contribution < 1.29 is 19.1 Å². The Balaban J connectivity index is 1.62. The number of nitrogens with zero attached hydrogens (tertiary/aromatic N) is 2. The second kappa shape index (κ2) is 7.43. The van der Waals surface area contributed by atoms with Gasteiger partial charge in [-0.1, -0.05) is 48.0 Å². The van der Waals surface area contributed by atoms with Crippen LogP contribution in [0.5, 0.6) is 0 Å². The molecule has 7 heteroatoms. The fraction of sp³-hybridized carbons (Fsp3) is 0.227. The van der Waals surface area contributed by atoms with E-state index in [1.165, 1.54) is 9.80 Å². The Labute approximate surface area is 168 Å². The highest BCUT2D eigenvalue weighted by molar-refractivity contribution is 6.00. The molecule has 0 radical (unpaired) electrons. The average molecular weight is 391 g/mol. The van der Waals surface area contributed by atoms with Gasteiger partial charge in [-0.05, 0) is 24.6 Å². The summed E-state index contributed by atoms with van der Waals surface area (Å²) in [6, 6.07) is 15.7.